The number of benzene rings is 3. The molecule has 0 spiro atoms. The Morgan fingerprint density at radius 1 is 0.971 bits per heavy atom. The Kier molecular flexibility index (Phi) is 9.42. The van der Waals surface area contributed by atoms with Crippen molar-refractivity contribution in [2.24, 2.45) is 0 Å². The zero-order valence-corrected chi connectivity index (χ0v) is 21.1. The van der Waals surface area contributed by atoms with Crippen molar-refractivity contribution in [2.45, 2.75) is 30.1 Å². The van der Waals surface area contributed by atoms with Gasteiger partial charge < -0.3 is 10.1 Å². The number of aryl methyl sites for hydroxylation is 1. The lowest BCUT2D eigenvalue weighted by Gasteiger charge is -2.24. The lowest BCUT2D eigenvalue weighted by Crippen LogP contribution is -2.41. The second-order valence-corrected chi connectivity index (χ2v) is 10.6. The zero-order chi connectivity index (χ0) is 24.4. The predicted octanol–water partition coefficient (Wildman–Crippen LogP) is 4.89. The van der Waals surface area contributed by atoms with Crippen molar-refractivity contribution in [2.75, 3.05) is 29.8 Å². The maximum atomic E-state index is 13.5. The van der Waals surface area contributed by atoms with E-state index >= 15 is 0 Å². The molecular weight excluding hydrogens is 468 g/mol. The molecule has 1 N–H and O–H groups in total. The number of nitrogens with one attached hydrogen (secondary N) is 1. The zero-order valence-electron chi connectivity index (χ0n) is 19.4. The van der Waals surface area contributed by atoms with E-state index in [2.05, 4.69) is 17.4 Å². The maximum Gasteiger partial charge on any atom is 0.264 e. The van der Waals surface area contributed by atoms with Crippen molar-refractivity contribution in [1.82, 2.24) is 5.32 Å². The fourth-order valence-corrected chi connectivity index (χ4v) is 5.52. The molecular formula is C26H30N2O4S2. The third-order valence-electron chi connectivity index (χ3n) is 4.99. The van der Waals surface area contributed by atoms with Gasteiger partial charge in [0, 0.05) is 11.4 Å². The molecule has 0 heterocycles. The molecule has 3 aromatic rings. The summed E-state index contributed by atoms with van der Waals surface area (Å²) in [4.78, 5) is 14.0. The lowest BCUT2D eigenvalue weighted by molar-refractivity contribution is -0.119. The van der Waals surface area contributed by atoms with Gasteiger partial charge in [0.25, 0.3) is 10.0 Å². The van der Waals surface area contributed by atoms with Gasteiger partial charge in [0.2, 0.25) is 5.91 Å². The number of anilines is 1. The average molecular weight is 499 g/mol. The van der Waals surface area contributed by atoms with Crippen LogP contribution in [0.4, 0.5) is 5.69 Å². The third kappa shape index (κ3) is 7.27. The fraction of sp³-hybridized carbons (Fsp3) is 0.269. The summed E-state index contributed by atoms with van der Waals surface area (Å²) in [5.74, 6) is 1.10. The van der Waals surface area contributed by atoms with Crippen molar-refractivity contribution < 1.29 is 17.9 Å². The van der Waals surface area contributed by atoms with Gasteiger partial charge in [-0.2, -0.15) is 0 Å². The SMILES string of the molecule is CCOc1ccc(S(=O)(=O)N(CC(=O)NCCCSc2ccccc2)c2ccc(C)cc2)cc1. The van der Waals surface area contributed by atoms with Crippen molar-refractivity contribution in [3.63, 3.8) is 0 Å². The first-order valence-corrected chi connectivity index (χ1v) is 13.6. The van der Waals surface area contributed by atoms with E-state index in [9.17, 15) is 13.2 Å². The first-order valence-electron chi connectivity index (χ1n) is 11.2. The minimum atomic E-state index is -3.95. The van der Waals surface area contributed by atoms with Crippen molar-refractivity contribution in [3.05, 3.63) is 84.4 Å². The van der Waals surface area contributed by atoms with Crippen molar-refractivity contribution in [1.29, 1.82) is 0 Å². The molecule has 0 unspecified atom stereocenters. The predicted molar refractivity (Wildman–Crippen MR) is 138 cm³/mol. The highest BCUT2D eigenvalue weighted by atomic mass is 32.2. The second-order valence-electron chi connectivity index (χ2n) is 7.62. The monoisotopic (exact) mass is 498 g/mol. The number of carbonyl (C=O) groups is 1. The maximum absolute atomic E-state index is 13.5. The summed E-state index contributed by atoms with van der Waals surface area (Å²) in [6.45, 7) is 4.46. The molecule has 0 bridgehead atoms. The van der Waals surface area contributed by atoms with Gasteiger partial charge >= 0.3 is 0 Å². The van der Waals surface area contributed by atoms with Crippen LogP contribution in [0.2, 0.25) is 0 Å². The van der Waals surface area contributed by atoms with Gasteiger partial charge in [0.15, 0.2) is 0 Å². The smallest absolute Gasteiger partial charge is 0.264 e. The molecule has 180 valence electrons. The molecule has 0 aliphatic carbocycles. The first kappa shape index (κ1) is 25.6. The summed E-state index contributed by atoms with van der Waals surface area (Å²) in [5, 5.41) is 2.85. The van der Waals surface area contributed by atoms with E-state index in [1.54, 1.807) is 36.0 Å². The standard InChI is InChI=1S/C26H30N2O4S2/c1-3-32-23-14-16-25(17-15-23)34(30,31)28(22-12-10-21(2)11-13-22)20-26(29)27-18-7-19-33-24-8-5-4-6-9-24/h4-6,8-17H,3,7,18-20H2,1-2H3,(H,27,29). The van der Waals surface area contributed by atoms with E-state index in [1.165, 1.54) is 17.0 Å². The number of hydrogen-bond donors (Lipinski definition) is 1. The molecule has 0 atom stereocenters. The summed E-state index contributed by atoms with van der Waals surface area (Å²) >= 11 is 1.72. The Bertz CT molecular complexity index is 1150. The molecule has 0 saturated carbocycles. The van der Waals surface area contributed by atoms with Crippen LogP contribution >= 0.6 is 11.8 Å². The summed E-state index contributed by atoms with van der Waals surface area (Å²) < 4.78 is 33.5. The van der Waals surface area contributed by atoms with E-state index in [0.29, 0.717) is 24.6 Å². The largest absolute Gasteiger partial charge is 0.494 e. The Morgan fingerprint density at radius 2 is 1.65 bits per heavy atom. The Balaban J connectivity index is 1.66. The Morgan fingerprint density at radius 3 is 2.29 bits per heavy atom. The number of amides is 1. The normalized spacial score (nSPS) is 11.1. The molecule has 0 radical (unpaired) electrons. The third-order valence-corrected chi connectivity index (χ3v) is 7.87. The second kappa shape index (κ2) is 12.5. The molecule has 0 aliphatic rings. The molecule has 3 rings (SSSR count). The number of carbonyl (C=O) groups excluding carboxylic acids is 1. The molecule has 0 fully saturated rings. The van der Waals surface area contributed by atoms with Crippen molar-refractivity contribution in [3.8, 4) is 5.75 Å². The average Bonchev–Trinajstić information content (AvgIpc) is 2.84. The summed E-state index contributed by atoms with van der Waals surface area (Å²) in [6.07, 6.45) is 0.779. The van der Waals surface area contributed by atoms with Crippen LogP contribution in [-0.4, -0.2) is 39.8 Å². The minimum Gasteiger partial charge on any atom is -0.494 e. The Hall–Kier alpha value is -2.97. The molecule has 8 heteroatoms. The summed E-state index contributed by atoms with van der Waals surface area (Å²) in [7, 11) is -3.95. The number of nitrogens with zero attached hydrogens (tertiary/aromatic N) is 1. The number of hydrogen-bond acceptors (Lipinski definition) is 5. The number of thioether (sulfide) groups is 1. The summed E-state index contributed by atoms with van der Waals surface area (Å²) in [5.41, 5.74) is 1.44. The van der Waals surface area contributed by atoms with Crippen LogP contribution in [0, 0.1) is 6.92 Å². The van der Waals surface area contributed by atoms with E-state index < -0.39 is 10.0 Å². The fourth-order valence-electron chi connectivity index (χ4n) is 3.22. The van der Waals surface area contributed by atoms with Gasteiger partial charge in [0.1, 0.15) is 12.3 Å². The van der Waals surface area contributed by atoms with Crippen LogP contribution in [0.25, 0.3) is 0 Å². The van der Waals surface area contributed by atoms with Crippen LogP contribution < -0.4 is 14.4 Å². The number of ether oxygens (including phenoxy) is 1. The van der Waals surface area contributed by atoms with Crippen molar-refractivity contribution >= 4 is 33.4 Å². The van der Waals surface area contributed by atoms with Crippen LogP contribution in [0.1, 0.15) is 18.9 Å². The van der Waals surface area contributed by atoms with E-state index in [-0.39, 0.29) is 17.3 Å². The van der Waals surface area contributed by atoms with E-state index in [0.717, 1.165) is 22.0 Å². The first-order chi connectivity index (χ1) is 16.4. The molecule has 6 nitrogen and oxygen atoms in total. The van der Waals surface area contributed by atoms with Gasteiger partial charge in [-0.05, 0) is 74.6 Å². The van der Waals surface area contributed by atoms with Gasteiger partial charge in [-0.15, -0.1) is 11.8 Å². The van der Waals surface area contributed by atoms with Gasteiger partial charge in [-0.3, -0.25) is 9.10 Å². The highest BCUT2D eigenvalue weighted by Crippen LogP contribution is 2.25. The van der Waals surface area contributed by atoms with Gasteiger partial charge in [-0.25, -0.2) is 8.42 Å². The van der Waals surface area contributed by atoms with E-state index in [1.807, 2.05) is 44.2 Å². The quantitative estimate of drug-likeness (QED) is 0.284. The highest BCUT2D eigenvalue weighted by molar-refractivity contribution is 7.99. The van der Waals surface area contributed by atoms with Crippen LogP contribution in [0.15, 0.2) is 88.7 Å². The number of rotatable bonds is 12. The number of sulfonamides is 1. The topological polar surface area (TPSA) is 75.7 Å². The minimum absolute atomic E-state index is 0.101. The Labute approximate surface area is 206 Å². The molecule has 1 amide bonds. The van der Waals surface area contributed by atoms with E-state index in [4.69, 9.17) is 4.74 Å². The van der Waals surface area contributed by atoms with Crippen LogP contribution in [-0.2, 0) is 14.8 Å². The van der Waals surface area contributed by atoms with Crippen LogP contribution in [0.5, 0.6) is 5.75 Å². The van der Waals surface area contributed by atoms with Crippen LogP contribution in [0.3, 0.4) is 0 Å². The highest BCUT2D eigenvalue weighted by Gasteiger charge is 2.27. The van der Waals surface area contributed by atoms with Gasteiger partial charge in [0.05, 0.1) is 17.2 Å². The molecule has 3 aromatic carbocycles. The molecule has 34 heavy (non-hydrogen) atoms. The lowest BCUT2D eigenvalue weighted by atomic mass is 10.2. The molecule has 0 aliphatic heterocycles. The summed E-state index contributed by atoms with van der Waals surface area (Å²) in [6, 6.07) is 23.4. The molecule has 0 aromatic heterocycles. The molecule has 0 saturated heterocycles. The van der Waals surface area contributed by atoms with Gasteiger partial charge in [-0.1, -0.05) is 35.9 Å².